The molecule has 0 unspecified atom stereocenters. The number of thiocarbonyl (C=S) groups is 1. The van der Waals surface area contributed by atoms with Crippen molar-refractivity contribution in [1.82, 2.24) is 20.4 Å². The van der Waals surface area contributed by atoms with E-state index in [1.54, 1.807) is 0 Å². The summed E-state index contributed by atoms with van der Waals surface area (Å²) in [5.41, 5.74) is 1.43. The normalized spacial score (nSPS) is 20.9. The summed E-state index contributed by atoms with van der Waals surface area (Å²) in [7, 11) is 0. The van der Waals surface area contributed by atoms with Crippen molar-refractivity contribution in [3.8, 4) is 5.75 Å². The number of nitrogens with one attached hydrogen (secondary N) is 2. The van der Waals surface area contributed by atoms with Crippen LogP contribution >= 0.6 is 12.2 Å². The molecule has 0 saturated carbocycles. The summed E-state index contributed by atoms with van der Waals surface area (Å²) in [6, 6.07) is 8.78. The van der Waals surface area contributed by atoms with E-state index in [1.165, 1.54) is 5.56 Å². The van der Waals surface area contributed by atoms with E-state index in [1.807, 2.05) is 6.92 Å². The van der Waals surface area contributed by atoms with E-state index in [4.69, 9.17) is 21.7 Å². The predicted octanol–water partition coefficient (Wildman–Crippen LogP) is 3.79. The highest BCUT2D eigenvalue weighted by Gasteiger charge is 2.38. The fourth-order valence-corrected chi connectivity index (χ4v) is 5.65. The molecular formula is C26H44N4O2S. The highest BCUT2D eigenvalue weighted by atomic mass is 32.1. The molecule has 1 aromatic carbocycles. The maximum atomic E-state index is 5.98. The van der Waals surface area contributed by atoms with Crippen molar-refractivity contribution in [3.05, 3.63) is 29.8 Å². The summed E-state index contributed by atoms with van der Waals surface area (Å²) in [5, 5.41) is 8.36. The second-order valence-corrected chi connectivity index (χ2v) is 11.1. The lowest BCUT2D eigenvalue weighted by Gasteiger charge is -2.47. The maximum Gasteiger partial charge on any atom is 0.169 e. The highest BCUT2D eigenvalue weighted by Crippen LogP contribution is 2.28. The van der Waals surface area contributed by atoms with Crippen LogP contribution in [0.2, 0.25) is 0 Å². The number of ether oxygens (including phenoxy) is 2. The lowest BCUT2D eigenvalue weighted by atomic mass is 9.80. The molecule has 1 aromatic rings. The van der Waals surface area contributed by atoms with Crippen molar-refractivity contribution in [2.24, 2.45) is 0 Å². The van der Waals surface area contributed by atoms with Crippen molar-refractivity contribution in [2.45, 2.75) is 77.5 Å². The first-order valence-corrected chi connectivity index (χ1v) is 12.9. The zero-order chi connectivity index (χ0) is 23.9. The van der Waals surface area contributed by atoms with Crippen molar-refractivity contribution in [1.29, 1.82) is 0 Å². The van der Waals surface area contributed by atoms with Gasteiger partial charge in [0, 0.05) is 49.8 Å². The molecule has 2 N–H and O–H groups in total. The van der Waals surface area contributed by atoms with Crippen LogP contribution in [0.3, 0.4) is 0 Å². The van der Waals surface area contributed by atoms with E-state index in [-0.39, 0.29) is 11.1 Å². The molecule has 2 saturated heterocycles. The summed E-state index contributed by atoms with van der Waals surface area (Å²) in [5.74, 6) is 0.917. The van der Waals surface area contributed by atoms with E-state index in [0.717, 1.165) is 76.1 Å². The summed E-state index contributed by atoms with van der Waals surface area (Å²) in [6.07, 6.45) is 3.20. The van der Waals surface area contributed by atoms with Gasteiger partial charge in [0.05, 0.1) is 19.8 Å². The molecule has 3 rings (SSSR count). The molecule has 7 heteroatoms. The van der Waals surface area contributed by atoms with Gasteiger partial charge in [-0.05, 0) is 83.8 Å². The van der Waals surface area contributed by atoms with Crippen LogP contribution in [-0.4, -0.2) is 78.0 Å². The van der Waals surface area contributed by atoms with Gasteiger partial charge in [0.1, 0.15) is 5.75 Å². The van der Waals surface area contributed by atoms with Gasteiger partial charge in [0.25, 0.3) is 0 Å². The third kappa shape index (κ3) is 8.71. The fourth-order valence-electron chi connectivity index (χ4n) is 5.33. The monoisotopic (exact) mass is 476 g/mol. The molecule has 0 bridgehead atoms. The molecular weight excluding hydrogens is 432 g/mol. The molecule has 6 nitrogen and oxygen atoms in total. The van der Waals surface area contributed by atoms with Gasteiger partial charge in [-0.2, -0.15) is 0 Å². The average molecular weight is 477 g/mol. The quantitative estimate of drug-likeness (QED) is 0.526. The molecule has 2 aliphatic rings. The van der Waals surface area contributed by atoms with E-state index in [0.29, 0.717) is 12.6 Å². The first-order valence-electron chi connectivity index (χ1n) is 12.5. The van der Waals surface area contributed by atoms with Crippen LogP contribution in [0, 0.1) is 0 Å². The Morgan fingerprint density at radius 3 is 2.39 bits per heavy atom. The van der Waals surface area contributed by atoms with Crippen molar-refractivity contribution in [2.75, 3.05) is 46.0 Å². The van der Waals surface area contributed by atoms with E-state index in [2.05, 4.69) is 72.4 Å². The minimum atomic E-state index is 0.0886. The third-order valence-corrected chi connectivity index (χ3v) is 6.79. The molecule has 0 atom stereocenters. The van der Waals surface area contributed by atoms with E-state index >= 15 is 0 Å². The van der Waals surface area contributed by atoms with Gasteiger partial charge in [-0.1, -0.05) is 12.1 Å². The Kier molecular flexibility index (Phi) is 9.39. The minimum Gasteiger partial charge on any atom is -0.494 e. The highest BCUT2D eigenvalue weighted by molar-refractivity contribution is 7.80. The van der Waals surface area contributed by atoms with Crippen molar-refractivity contribution in [3.63, 3.8) is 0 Å². The van der Waals surface area contributed by atoms with Crippen LogP contribution in [0.15, 0.2) is 24.3 Å². The zero-order valence-corrected chi connectivity index (χ0v) is 22.1. The molecule has 0 aromatic heterocycles. The number of morpholine rings is 1. The van der Waals surface area contributed by atoms with Crippen molar-refractivity contribution >= 4 is 17.3 Å². The molecule has 33 heavy (non-hydrogen) atoms. The van der Waals surface area contributed by atoms with Crippen LogP contribution in [0.25, 0.3) is 0 Å². The smallest absolute Gasteiger partial charge is 0.169 e. The molecule has 2 heterocycles. The molecule has 2 aliphatic heterocycles. The Morgan fingerprint density at radius 1 is 1.15 bits per heavy atom. The minimum absolute atomic E-state index is 0.0886. The van der Waals surface area contributed by atoms with Gasteiger partial charge >= 0.3 is 0 Å². The standard InChI is InChI=1S/C26H44N4O2S/c1-6-32-23-10-8-21(9-11-23)20-30(13-7-12-29-14-16-31-17-15-29)24(33)27-22-18-25(2,3)28-26(4,5)19-22/h8-11,22,28H,6-7,12-20H2,1-5H3,(H,27,33). The first kappa shape index (κ1) is 26.2. The van der Waals surface area contributed by atoms with Gasteiger partial charge in [-0.25, -0.2) is 0 Å². The summed E-state index contributed by atoms with van der Waals surface area (Å²) < 4.78 is 11.1. The molecule has 2 fully saturated rings. The van der Waals surface area contributed by atoms with Gasteiger partial charge in [-0.15, -0.1) is 0 Å². The summed E-state index contributed by atoms with van der Waals surface area (Å²) in [6.45, 7) is 18.4. The Balaban J connectivity index is 1.63. The fraction of sp³-hybridized carbons (Fsp3) is 0.731. The molecule has 186 valence electrons. The molecule has 0 aliphatic carbocycles. The third-order valence-electron chi connectivity index (χ3n) is 6.42. The number of piperidine rings is 1. The van der Waals surface area contributed by atoms with Gasteiger partial charge in [-0.3, -0.25) is 4.90 Å². The number of benzene rings is 1. The SMILES string of the molecule is CCOc1ccc(CN(CCCN2CCOCC2)C(=S)NC2CC(C)(C)NC(C)(C)C2)cc1. The van der Waals surface area contributed by atoms with Gasteiger partial charge < -0.3 is 25.0 Å². The van der Waals surface area contributed by atoms with Crippen LogP contribution in [0.5, 0.6) is 5.75 Å². The van der Waals surface area contributed by atoms with Crippen LogP contribution in [0.1, 0.15) is 59.4 Å². The largest absolute Gasteiger partial charge is 0.494 e. The Hall–Kier alpha value is -1.41. The molecule has 0 spiro atoms. The van der Waals surface area contributed by atoms with Crippen LogP contribution in [-0.2, 0) is 11.3 Å². The van der Waals surface area contributed by atoms with Gasteiger partial charge in [0.2, 0.25) is 0 Å². The predicted molar refractivity (Wildman–Crippen MR) is 140 cm³/mol. The second kappa shape index (κ2) is 11.8. The Morgan fingerprint density at radius 2 is 1.79 bits per heavy atom. The summed E-state index contributed by atoms with van der Waals surface area (Å²) >= 11 is 5.98. The van der Waals surface area contributed by atoms with Crippen molar-refractivity contribution < 1.29 is 9.47 Å². The topological polar surface area (TPSA) is 49.0 Å². The maximum absolute atomic E-state index is 5.98. The number of hydrogen-bond acceptors (Lipinski definition) is 5. The summed E-state index contributed by atoms with van der Waals surface area (Å²) in [4.78, 5) is 4.83. The second-order valence-electron chi connectivity index (χ2n) is 10.8. The van der Waals surface area contributed by atoms with Crippen LogP contribution < -0.4 is 15.4 Å². The lowest BCUT2D eigenvalue weighted by molar-refractivity contribution is 0.0367. The lowest BCUT2D eigenvalue weighted by Crippen LogP contribution is -2.62. The Bertz CT molecular complexity index is 731. The Labute approximate surface area is 206 Å². The molecule has 0 radical (unpaired) electrons. The van der Waals surface area contributed by atoms with Crippen LogP contribution in [0.4, 0.5) is 0 Å². The zero-order valence-electron chi connectivity index (χ0n) is 21.3. The first-order chi connectivity index (χ1) is 15.7. The molecule has 0 amide bonds. The van der Waals surface area contributed by atoms with Gasteiger partial charge in [0.15, 0.2) is 5.11 Å². The van der Waals surface area contributed by atoms with E-state index in [9.17, 15) is 0 Å². The number of rotatable bonds is 9. The number of nitrogens with zero attached hydrogens (tertiary/aromatic N) is 2. The number of hydrogen-bond donors (Lipinski definition) is 2. The van der Waals surface area contributed by atoms with E-state index < -0.39 is 0 Å². The average Bonchev–Trinajstić information content (AvgIpc) is 2.73.